The zero-order chi connectivity index (χ0) is 15.9. The lowest BCUT2D eigenvalue weighted by molar-refractivity contribution is 1.13. The molecule has 0 fully saturated rings. The Balaban J connectivity index is 2.02. The fourth-order valence-electron chi connectivity index (χ4n) is 1.95. The molecule has 0 amide bonds. The SMILES string of the molecule is CNC(=S)Nc1ccc(/C=C/c2ccc(N(C)C)cc2)cc1. The molecule has 2 aromatic rings. The first-order valence-electron chi connectivity index (χ1n) is 7.13. The molecule has 22 heavy (non-hydrogen) atoms. The summed E-state index contributed by atoms with van der Waals surface area (Å²) < 4.78 is 0. The van der Waals surface area contributed by atoms with Crippen LogP contribution in [0.4, 0.5) is 11.4 Å². The fourth-order valence-corrected chi connectivity index (χ4v) is 2.07. The van der Waals surface area contributed by atoms with Gasteiger partial charge in [0.15, 0.2) is 5.11 Å². The van der Waals surface area contributed by atoms with E-state index in [2.05, 4.69) is 64.1 Å². The highest BCUT2D eigenvalue weighted by Gasteiger charge is 1.96. The van der Waals surface area contributed by atoms with Crippen molar-refractivity contribution in [2.24, 2.45) is 0 Å². The van der Waals surface area contributed by atoms with Crippen LogP contribution in [0.25, 0.3) is 12.2 Å². The lowest BCUT2D eigenvalue weighted by atomic mass is 10.1. The Morgan fingerprint density at radius 3 is 1.86 bits per heavy atom. The number of benzene rings is 2. The molecular formula is C18H21N3S. The molecule has 0 aliphatic carbocycles. The summed E-state index contributed by atoms with van der Waals surface area (Å²) in [5.74, 6) is 0. The van der Waals surface area contributed by atoms with Crippen molar-refractivity contribution in [2.75, 3.05) is 31.4 Å². The molecule has 3 nitrogen and oxygen atoms in total. The molecule has 2 N–H and O–H groups in total. The Morgan fingerprint density at radius 2 is 1.41 bits per heavy atom. The molecule has 0 aliphatic heterocycles. The summed E-state index contributed by atoms with van der Waals surface area (Å²) in [5, 5.41) is 6.61. The first kappa shape index (κ1) is 16.0. The van der Waals surface area contributed by atoms with Crippen molar-refractivity contribution in [3.05, 3.63) is 59.7 Å². The summed E-state index contributed by atoms with van der Waals surface area (Å²) >= 11 is 5.07. The molecule has 0 radical (unpaired) electrons. The highest BCUT2D eigenvalue weighted by atomic mass is 32.1. The van der Waals surface area contributed by atoms with Gasteiger partial charge in [-0.15, -0.1) is 0 Å². The van der Waals surface area contributed by atoms with Crippen LogP contribution in [0.1, 0.15) is 11.1 Å². The topological polar surface area (TPSA) is 27.3 Å². The first-order valence-corrected chi connectivity index (χ1v) is 7.53. The maximum atomic E-state index is 5.07. The summed E-state index contributed by atoms with van der Waals surface area (Å²) in [6.45, 7) is 0. The molecule has 0 spiro atoms. The van der Waals surface area contributed by atoms with Gasteiger partial charge in [0.2, 0.25) is 0 Å². The van der Waals surface area contributed by atoms with Crippen LogP contribution >= 0.6 is 12.2 Å². The van der Waals surface area contributed by atoms with Crippen LogP contribution in [-0.2, 0) is 0 Å². The maximum Gasteiger partial charge on any atom is 0.170 e. The third-order valence-electron chi connectivity index (χ3n) is 3.27. The van der Waals surface area contributed by atoms with Gasteiger partial charge in [-0.05, 0) is 47.6 Å². The van der Waals surface area contributed by atoms with Gasteiger partial charge in [0.25, 0.3) is 0 Å². The van der Waals surface area contributed by atoms with Gasteiger partial charge in [0.05, 0.1) is 0 Å². The molecule has 0 bridgehead atoms. The Morgan fingerprint density at radius 1 is 0.909 bits per heavy atom. The quantitative estimate of drug-likeness (QED) is 0.663. The van der Waals surface area contributed by atoms with E-state index in [1.54, 1.807) is 7.05 Å². The highest BCUT2D eigenvalue weighted by molar-refractivity contribution is 7.80. The van der Waals surface area contributed by atoms with Crippen LogP contribution in [0, 0.1) is 0 Å². The average Bonchev–Trinajstić information content (AvgIpc) is 2.54. The van der Waals surface area contributed by atoms with Crippen LogP contribution < -0.4 is 15.5 Å². The van der Waals surface area contributed by atoms with Crippen molar-refractivity contribution in [1.82, 2.24) is 5.32 Å². The molecule has 114 valence electrons. The molecule has 0 aliphatic rings. The lowest BCUT2D eigenvalue weighted by Gasteiger charge is -2.11. The van der Waals surface area contributed by atoms with Gasteiger partial charge in [-0.1, -0.05) is 36.4 Å². The largest absolute Gasteiger partial charge is 0.378 e. The predicted molar refractivity (Wildman–Crippen MR) is 101 cm³/mol. The van der Waals surface area contributed by atoms with Crippen LogP contribution in [0.3, 0.4) is 0 Å². The van der Waals surface area contributed by atoms with Gasteiger partial charge in [-0.3, -0.25) is 0 Å². The van der Waals surface area contributed by atoms with E-state index in [0.29, 0.717) is 5.11 Å². The van der Waals surface area contributed by atoms with Crippen LogP contribution in [0.15, 0.2) is 48.5 Å². The van der Waals surface area contributed by atoms with Crippen molar-refractivity contribution < 1.29 is 0 Å². The Bertz CT molecular complexity index is 643. The molecule has 0 unspecified atom stereocenters. The number of rotatable bonds is 4. The number of anilines is 2. The van der Waals surface area contributed by atoms with Gasteiger partial charge >= 0.3 is 0 Å². The monoisotopic (exact) mass is 311 g/mol. The second-order valence-corrected chi connectivity index (χ2v) is 5.55. The van der Waals surface area contributed by atoms with E-state index in [1.165, 1.54) is 11.3 Å². The van der Waals surface area contributed by atoms with E-state index in [4.69, 9.17) is 12.2 Å². The summed E-state index contributed by atoms with van der Waals surface area (Å²) in [5.41, 5.74) is 4.52. The smallest absolute Gasteiger partial charge is 0.170 e. The molecule has 2 aromatic carbocycles. The van der Waals surface area contributed by atoms with Crippen LogP contribution in [-0.4, -0.2) is 26.3 Å². The standard InChI is InChI=1S/C18H21N3S/c1-19-18(22)20-16-10-6-14(7-11-16)4-5-15-8-12-17(13-9-15)21(2)3/h4-13H,1-3H3,(H2,19,20,22)/b5-4+. The van der Waals surface area contributed by atoms with Crippen molar-refractivity contribution in [3.63, 3.8) is 0 Å². The van der Waals surface area contributed by atoms with E-state index in [9.17, 15) is 0 Å². The molecule has 0 aromatic heterocycles. The van der Waals surface area contributed by atoms with Crippen molar-refractivity contribution in [1.29, 1.82) is 0 Å². The van der Waals surface area contributed by atoms with E-state index >= 15 is 0 Å². The molecule has 4 heteroatoms. The number of nitrogens with one attached hydrogen (secondary N) is 2. The van der Waals surface area contributed by atoms with E-state index < -0.39 is 0 Å². The summed E-state index contributed by atoms with van der Waals surface area (Å²) in [6.07, 6.45) is 4.21. The van der Waals surface area contributed by atoms with Crippen LogP contribution in [0.2, 0.25) is 0 Å². The first-order chi connectivity index (χ1) is 10.6. The number of thiocarbonyl (C=S) groups is 1. The molecule has 0 saturated carbocycles. The minimum Gasteiger partial charge on any atom is -0.378 e. The number of hydrogen-bond donors (Lipinski definition) is 2. The molecule has 0 saturated heterocycles. The molecule has 2 rings (SSSR count). The maximum absolute atomic E-state index is 5.07. The van der Waals surface area contributed by atoms with Gasteiger partial charge in [-0.25, -0.2) is 0 Å². The Kier molecular flexibility index (Phi) is 5.55. The van der Waals surface area contributed by atoms with Crippen molar-refractivity contribution >= 4 is 40.9 Å². The summed E-state index contributed by atoms with van der Waals surface area (Å²) in [6, 6.07) is 16.6. The highest BCUT2D eigenvalue weighted by Crippen LogP contribution is 2.15. The minimum atomic E-state index is 0.615. The fraction of sp³-hybridized carbons (Fsp3) is 0.167. The van der Waals surface area contributed by atoms with Gasteiger partial charge < -0.3 is 15.5 Å². The van der Waals surface area contributed by atoms with Gasteiger partial charge in [0, 0.05) is 32.5 Å². The lowest BCUT2D eigenvalue weighted by Crippen LogP contribution is -2.23. The van der Waals surface area contributed by atoms with Gasteiger partial charge in [0.1, 0.15) is 0 Å². The van der Waals surface area contributed by atoms with E-state index in [0.717, 1.165) is 11.3 Å². The minimum absolute atomic E-state index is 0.615. The normalized spacial score (nSPS) is 10.5. The molecule has 0 heterocycles. The third kappa shape index (κ3) is 4.60. The summed E-state index contributed by atoms with van der Waals surface area (Å²) in [7, 11) is 5.88. The summed E-state index contributed by atoms with van der Waals surface area (Å²) in [4.78, 5) is 2.09. The predicted octanol–water partition coefficient (Wildman–Crippen LogP) is 3.84. The zero-order valence-corrected chi connectivity index (χ0v) is 13.9. The van der Waals surface area contributed by atoms with E-state index in [1.807, 2.05) is 26.2 Å². The Hall–Kier alpha value is -2.33. The second kappa shape index (κ2) is 7.61. The number of nitrogens with zero attached hydrogens (tertiary/aromatic N) is 1. The molecular weight excluding hydrogens is 290 g/mol. The van der Waals surface area contributed by atoms with Crippen LogP contribution in [0.5, 0.6) is 0 Å². The van der Waals surface area contributed by atoms with Crippen molar-refractivity contribution in [2.45, 2.75) is 0 Å². The third-order valence-corrected chi connectivity index (χ3v) is 3.58. The average molecular weight is 311 g/mol. The molecule has 0 atom stereocenters. The second-order valence-electron chi connectivity index (χ2n) is 5.15. The Labute approximate surface area is 137 Å². The van der Waals surface area contributed by atoms with Gasteiger partial charge in [-0.2, -0.15) is 0 Å². The van der Waals surface area contributed by atoms with E-state index in [-0.39, 0.29) is 0 Å². The zero-order valence-electron chi connectivity index (χ0n) is 13.1. The van der Waals surface area contributed by atoms with Crippen molar-refractivity contribution in [3.8, 4) is 0 Å². The number of hydrogen-bond acceptors (Lipinski definition) is 2.